The van der Waals surface area contributed by atoms with E-state index < -0.39 is 0 Å². The van der Waals surface area contributed by atoms with Crippen molar-refractivity contribution < 1.29 is 10.2 Å². The molecular weight excluding hydrogens is 152 g/mol. The van der Waals surface area contributed by atoms with Crippen LogP contribution in [0.4, 0.5) is 0 Å². The Balaban J connectivity index is 2.60. The van der Waals surface area contributed by atoms with Gasteiger partial charge in [-0.25, -0.2) is 0 Å². The van der Waals surface area contributed by atoms with E-state index in [0.717, 1.165) is 12.8 Å². The number of aliphatic hydroxyl groups excluding tert-OH is 2. The van der Waals surface area contributed by atoms with Gasteiger partial charge in [0, 0.05) is 5.92 Å². The lowest BCUT2D eigenvalue weighted by molar-refractivity contribution is -0.0468. The van der Waals surface area contributed by atoms with Crippen LogP contribution in [0.3, 0.4) is 0 Å². The third-order valence-electron chi connectivity index (χ3n) is 3.09. The van der Waals surface area contributed by atoms with Crippen molar-refractivity contribution in [3.8, 4) is 0 Å². The highest BCUT2D eigenvalue weighted by Crippen LogP contribution is 2.34. The second-order valence-electron chi connectivity index (χ2n) is 4.45. The van der Waals surface area contributed by atoms with Gasteiger partial charge in [-0.3, -0.25) is 0 Å². The van der Waals surface area contributed by atoms with Crippen LogP contribution in [0.15, 0.2) is 0 Å². The van der Waals surface area contributed by atoms with Crippen molar-refractivity contribution in [1.82, 2.24) is 0 Å². The van der Waals surface area contributed by atoms with Crippen molar-refractivity contribution in [2.45, 2.75) is 45.8 Å². The largest absolute Gasteiger partial charge is 0.393 e. The Morgan fingerprint density at radius 2 is 1.83 bits per heavy atom. The molecule has 0 saturated heterocycles. The van der Waals surface area contributed by atoms with Gasteiger partial charge in [0.1, 0.15) is 0 Å². The van der Waals surface area contributed by atoms with Crippen LogP contribution in [-0.4, -0.2) is 22.4 Å². The van der Waals surface area contributed by atoms with Crippen molar-refractivity contribution in [3.63, 3.8) is 0 Å². The van der Waals surface area contributed by atoms with E-state index in [4.69, 9.17) is 0 Å². The molecule has 1 aliphatic carbocycles. The van der Waals surface area contributed by atoms with Crippen molar-refractivity contribution in [3.05, 3.63) is 0 Å². The molecule has 1 fully saturated rings. The Morgan fingerprint density at radius 3 is 2.33 bits per heavy atom. The van der Waals surface area contributed by atoms with Crippen LogP contribution in [0.25, 0.3) is 0 Å². The second-order valence-corrected chi connectivity index (χ2v) is 4.45. The zero-order valence-electron chi connectivity index (χ0n) is 8.20. The Bertz CT molecular complexity index is 145. The van der Waals surface area contributed by atoms with Crippen molar-refractivity contribution in [2.75, 3.05) is 0 Å². The van der Waals surface area contributed by atoms with Crippen molar-refractivity contribution >= 4 is 0 Å². The van der Waals surface area contributed by atoms with Crippen molar-refractivity contribution in [2.24, 2.45) is 17.8 Å². The molecule has 0 aromatic heterocycles. The maximum absolute atomic E-state index is 9.77. The Morgan fingerprint density at radius 1 is 1.25 bits per heavy atom. The van der Waals surface area contributed by atoms with Crippen LogP contribution in [0.2, 0.25) is 0 Å². The van der Waals surface area contributed by atoms with Gasteiger partial charge in [0.05, 0.1) is 12.2 Å². The van der Waals surface area contributed by atoms with Gasteiger partial charge in [0.2, 0.25) is 0 Å². The van der Waals surface area contributed by atoms with Crippen LogP contribution in [0, 0.1) is 17.8 Å². The number of aliphatic hydroxyl groups is 2. The molecule has 0 heterocycles. The maximum Gasteiger partial charge on any atom is 0.0618 e. The molecule has 2 heteroatoms. The summed E-state index contributed by atoms with van der Waals surface area (Å²) in [5.74, 6) is 1.07. The molecule has 72 valence electrons. The summed E-state index contributed by atoms with van der Waals surface area (Å²) in [5.41, 5.74) is 0. The fraction of sp³-hybridized carbons (Fsp3) is 1.00. The van der Waals surface area contributed by atoms with Crippen LogP contribution >= 0.6 is 0 Å². The van der Waals surface area contributed by atoms with E-state index >= 15 is 0 Å². The van der Waals surface area contributed by atoms with Gasteiger partial charge in [-0.15, -0.1) is 0 Å². The molecule has 12 heavy (non-hydrogen) atoms. The zero-order chi connectivity index (χ0) is 9.30. The molecule has 5 unspecified atom stereocenters. The van der Waals surface area contributed by atoms with Gasteiger partial charge in [-0.05, 0) is 31.6 Å². The summed E-state index contributed by atoms with van der Waals surface area (Å²) in [5, 5.41) is 19.2. The first-order valence-electron chi connectivity index (χ1n) is 4.88. The molecule has 0 radical (unpaired) electrons. The Hall–Kier alpha value is -0.0800. The first-order valence-corrected chi connectivity index (χ1v) is 4.88. The smallest absolute Gasteiger partial charge is 0.0618 e. The monoisotopic (exact) mass is 172 g/mol. The van der Waals surface area contributed by atoms with E-state index in [1.165, 1.54) is 0 Å². The SMILES string of the molecule is CC1CC(C)C(O)C(C(C)O)C1. The summed E-state index contributed by atoms with van der Waals surface area (Å²) in [6.07, 6.45) is 1.37. The highest BCUT2D eigenvalue weighted by atomic mass is 16.3. The van der Waals surface area contributed by atoms with E-state index in [2.05, 4.69) is 13.8 Å². The zero-order valence-corrected chi connectivity index (χ0v) is 8.20. The highest BCUT2D eigenvalue weighted by Gasteiger charge is 2.34. The van der Waals surface area contributed by atoms with Gasteiger partial charge in [-0.1, -0.05) is 13.8 Å². The average Bonchev–Trinajstić information content (AvgIpc) is 1.96. The van der Waals surface area contributed by atoms with E-state index in [0.29, 0.717) is 11.8 Å². The molecule has 1 saturated carbocycles. The molecule has 0 spiro atoms. The van der Waals surface area contributed by atoms with E-state index in [1.807, 2.05) is 0 Å². The molecule has 5 atom stereocenters. The Labute approximate surface area is 74.6 Å². The third kappa shape index (κ3) is 1.99. The first-order chi connectivity index (χ1) is 5.52. The second kappa shape index (κ2) is 3.75. The number of hydrogen-bond acceptors (Lipinski definition) is 2. The van der Waals surface area contributed by atoms with Crippen LogP contribution < -0.4 is 0 Å². The minimum absolute atomic E-state index is 0.0868. The van der Waals surface area contributed by atoms with Gasteiger partial charge < -0.3 is 10.2 Å². The molecule has 0 aromatic rings. The number of hydrogen-bond donors (Lipinski definition) is 2. The summed E-state index contributed by atoms with van der Waals surface area (Å²) in [4.78, 5) is 0. The summed E-state index contributed by atoms with van der Waals surface area (Å²) in [7, 11) is 0. The minimum atomic E-state index is -0.370. The lowest BCUT2D eigenvalue weighted by Crippen LogP contribution is -2.40. The molecule has 0 bridgehead atoms. The van der Waals surface area contributed by atoms with Gasteiger partial charge in [0.15, 0.2) is 0 Å². The molecular formula is C10H20O2. The molecule has 0 aliphatic heterocycles. The Kier molecular flexibility index (Phi) is 3.13. The lowest BCUT2D eigenvalue weighted by atomic mass is 9.72. The van der Waals surface area contributed by atoms with Gasteiger partial charge in [0.25, 0.3) is 0 Å². The summed E-state index contributed by atoms with van der Waals surface area (Å²) in [6, 6.07) is 0. The maximum atomic E-state index is 9.77. The van der Waals surface area contributed by atoms with Crippen LogP contribution in [0.5, 0.6) is 0 Å². The first kappa shape index (κ1) is 10.0. The lowest BCUT2D eigenvalue weighted by Gasteiger charge is -2.37. The predicted octanol–water partition coefficient (Wildman–Crippen LogP) is 1.41. The summed E-state index contributed by atoms with van der Waals surface area (Å²) >= 11 is 0. The van der Waals surface area contributed by atoms with Crippen molar-refractivity contribution in [1.29, 1.82) is 0 Å². The molecule has 2 N–H and O–H groups in total. The summed E-state index contributed by atoms with van der Waals surface area (Å²) < 4.78 is 0. The van der Waals surface area contributed by atoms with Gasteiger partial charge in [-0.2, -0.15) is 0 Å². The fourth-order valence-electron chi connectivity index (χ4n) is 2.38. The minimum Gasteiger partial charge on any atom is -0.393 e. The quantitative estimate of drug-likeness (QED) is 0.628. The fourth-order valence-corrected chi connectivity index (χ4v) is 2.38. The van der Waals surface area contributed by atoms with Crippen LogP contribution in [0.1, 0.15) is 33.6 Å². The molecule has 2 nitrogen and oxygen atoms in total. The topological polar surface area (TPSA) is 40.5 Å². The predicted molar refractivity (Wildman–Crippen MR) is 48.7 cm³/mol. The molecule has 1 aliphatic rings. The third-order valence-corrected chi connectivity index (χ3v) is 3.09. The average molecular weight is 172 g/mol. The molecule has 0 aromatic carbocycles. The standard InChI is InChI=1S/C10H20O2/c1-6-4-7(2)10(12)9(5-6)8(3)11/h6-12H,4-5H2,1-3H3. The van der Waals surface area contributed by atoms with Gasteiger partial charge >= 0.3 is 0 Å². The van der Waals surface area contributed by atoms with Crippen LogP contribution in [-0.2, 0) is 0 Å². The van der Waals surface area contributed by atoms with E-state index in [1.54, 1.807) is 6.92 Å². The molecule has 0 amide bonds. The number of rotatable bonds is 1. The molecule has 1 rings (SSSR count). The summed E-state index contributed by atoms with van der Waals surface area (Å²) in [6.45, 7) is 6.03. The highest BCUT2D eigenvalue weighted by molar-refractivity contribution is 4.85. The van der Waals surface area contributed by atoms with E-state index in [-0.39, 0.29) is 18.1 Å². The normalized spacial score (nSPS) is 45.8. The van der Waals surface area contributed by atoms with E-state index in [9.17, 15) is 10.2 Å².